The van der Waals surface area contributed by atoms with Gasteiger partial charge in [-0.25, -0.2) is 4.79 Å². The molecular weight excluding hydrogens is 398 g/mol. The third-order valence-corrected chi connectivity index (χ3v) is 5.16. The zero-order valence-electron chi connectivity index (χ0n) is 18.1. The molecule has 0 aromatic carbocycles. The van der Waals surface area contributed by atoms with Crippen LogP contribution in [0.15, 0.2) is 35.0 Å². The summed E-state index contributed by atoms with van der Waals surface area (Å²) in [6, 6.07) is 7.36. The number of esters is 1. The first kappa shape index (κ1) is 22.1. The summed E-state index contributed by atoms with van der Waals surface area (Å²) in [5, 5.41) is 9.56. The first-order valence-corrected chi connectivity index (χ1v) is 9.91. The second kappa shape index (κ2) is 9.49. The highest BCUT2D eigenvalue weighted by Gasteiger charge is 2.27. The van der Waals surface area contributed by atoms with Crippen LogP contribution in [0.4, 0.5) is 0 Å². The van der Waals surface area contributed by atoms with E-state index >= 15 is 0 Å². The lowest BCUT2D eigenvalue weighted by Crippen LogP contribution is -2.16. The van der Waals surface area contributed by atoms with Gasteiger partial charge in [-0.3, -0.25) is 9.36 Å². The Bertz CT molecular complexity index is 1130. The van der Waals surface area contributed by atoms with Gasteiger partial charge >= 0.3 is 5.97 Å². The molecule has 0 spiro atoms. The molecular formula is C23H25N3O5. The topological polar surface area (TPSA) is 99.4 Å². The van der Waals surface area contributed by atoms with Gasteiger partial charge in [-0.15, -0.1) is 0 Å². The average Bonchev–Trinajstić information content (AvgIpc) is 3.45. The van der Waals surface area contributed by atoms with E-state index in [1.165, 1.54) is 0 Å². The highest BCUT2D eigenvalue weighted by molar-refractivity contribution is 6.01. The number of nitrogens with zero attached hydrogens (tertiary/aromatic N) is 3. The molecule has 0 radical (unpaired) electrons. The van der Waals surface area contributed by atoms with Crippen molar-refractivity contribution in [3.8, 4) is 12.0 Å². The van der Waals surface area contributed by atoms with Gasteiger partial charge in [0.05, 0.1) is 0 Å². The molecule has 0 amide bonds. The van der Waals surface area contributed by atoms with Gasteiger partial charge in [-0.1, -0.05) is 0 Å². The summed E-state index contributed by atoms with van der Waals surface area (Å²) in [4.78, 5) is 25.4. The van der Waals surface area contributed by atoms with Gasteiger partial charge in [0.15, 0.2) is 6.61 Å². The van der Waals surface area contributed by atoms with Gasteiger partial charge in [0.2, 0.25) is 11.7 Å². The minimum atomic E-state index is -0.765. The van der Waals surface area contributed by atoms with Gasteiger partial charge in [0.1, 0.15) is 23.0 Å². The largest absolute Gasteiger partial charge is 0.454 e. The third kappa shape index (κ3) is 4.47. The predicted molar refractivity (Wildman–Crippen MR) is 112 cm³/mol. The lowest BCUT2D eigenvalue weighted by Gasteiger charge is -2.09. The number of Topliss-reactive ketones (excluding diaryl/α,β-unsaturated/α-hetero) is 1. The van der Waals surface area contributed by atoms with Crippen molar-refractivity contribution in [2.24, 2.45) is 0 Å². The maximum absolute atomic E-state index is 12.7. The first-order valence-electron chi connectivity index (χ1n) is 9.91. The molecule has 3 aromatic rings. The maximum atomic E-state index is 12.7. The maximum Gasteiger partial charge on any atom is 0.343 e. The Hall–Kier alpha value is -3.57. The molecule has 0 unspecified atom stereocenters. The van der Waals surface area contributed by atoms with E-state index in [0.29, 0.717) is 12.2 Å². The third-order valence-electron chi connectivity index (χ3n) is 5.16. The Balaban J connectivity index is 1.74. The molecule has 3 heterocycles. The molecule has 0 aliphatic carbocycles. The standard InChI is InChI=1S/C23H25N3O5/c1-15-12-18(16(2)26(15)10-7-11-29-4)20(27)14-30-23(28)21-17(3)31-22(19(21)13-24)25-8-5-6-9-25/h5-6,8-9,12H,7,10-11,14H2,1-4H3. The van der Waals surface area contributed by atoms with E-state index in [9.17, 15) is 14.9 Å². The molecule has 0 fully saturated rings. The second-order valence-corrected chi connectivity index (χ2v) is 7.20. The van der Waals surface area contributed by atoms with Crippen LogP contribution in [-0.2, 0) is 16.0 Å². The van der Waals surface area contributed by atoms with Crippen LogP contribution in [0, 0.1) is 32.1 Å². The van der Waals surface area contributed by atoms with Crippen LogP contribution in [-0.4, -0.2) is 41.2 Å². The molecule has 0 aliphatic heterocycles. The van der Waals surface area contributed by atoms with Crippen LogP contribution in [0.2, 0.25) is 0 Å². The minimum Gasteiger partial charge on any atom is -0.454 e. The molecule has 3 aromatic heterocycles. The molecule has 8 nitrogen and oxygen atoms in total. The van der Waals surface area contributed by atoms with Crippen LogP contribution >= 0.6 is 0 Å². The van der Waals surface area contributed by atoms with E-state index in [0.717, 1.165) is 24.4 Å². The Labute approximate surface area is 180 Å². The molecule has 0 saturated carbocycles. The Kier molecular flexibility index (Phi) is 6.78. The van der Waals surface area contributed by atoms with Crippen LogP contribution in [0.25, 0.3) is 5.88 Å². The number of rotatable bonds is 9. The van der Waals surface area contributed by atoms with E-state index in [1.807, 2.05) is 24.5 Å². The van der Waals surface area contributed by atoms with E-state index in [4.69, 9.17) is 13.9 Å². The summed E-state index contributed by atoms with van der Waals surface area (Å²) in [6.45, 7) is 6.33. The van der Waals surface area contributed by atoms with Crippen molar-refractivity contribution in [3.63, 3.8) is 0 Å². The number of aryl methyl sites for hydroxylation is 2. The van der Waals surface area contributed by atoms with Crippen LogP contribution < -0.4 is 0 Å². The summed E-state index contributed by atoms with van der Waals surface area (Å²) < 4.78 is 19.6. The van der Waals surface area contributed by atoms with Gasteiger partial charge in [0, 0.05) is 49.6 Å². The Morgan fingerprint density at radius 2 is 1.90 bits per heavy atom. The second-order valence-electron chi connectivity index (χ2n) is 7.20. The number of carbonyl (C=O) groups excluding carboxylic acids is 2. The molecule has 0 bridgehead atoms. The molecule has 31 heavy (non-hydrogen) atoms. The molecule has 0 saturated heterocycles. The Morgan fingerprint density at radius 1 is 1.19 bits per heavy atom. The SMILES string of the molecule is COCCCn1c(C)cc(C(=O)COC(=O)c2c(C)oc(-n3cccc3)c2C#N)c1C. The number of ether oxygens (including phenoxy) is 2. The first-order chi connectivity index (χ1) is 14.9. The number of carbonyl (C=O) groups is 2. The summed E-state index contributed by atoms with van der Waals surface area (Å²) in [5.41, 5.74) is 2.39. The quantitative estimate of drug-likeness (QED) is 0.295. The van der Waals surface area contributed by atoms with E-state index in [-0.39, 0.29) is 28.6 Å². The van der Waals surface area contributed by atoms with Crippen LogP contribution in [0.5, 0.6) is 0 Å². The zero-order chi connectivity index (χ0) is 22.5. The number of nitriles is 1. The van der Waals surface area contributed by atoms with Crippen molar-refractivity contribution in [2.45, 2.75) is 33.7 Å². The zero-order valence-corrected chi connectivity index (χ0v) is 18.1. The van der Waals surface area contributed by atoms with Gasteiger partial charge in [-0.2, -0.15) is 5.26 Å². The van der Waals surface area contributed by atoms with Crippen molar-refractivity contribution >= 4 is 11.8 Å². The highest BCUT2D eigenvalue weighted by atomic mass is 16.5. The molecule has 0 aliphatic rings. The van der Waals surface area contributed by atoms with Gasteiger partial charge in [-0.05, 0) is 45.4 Å². The number of hydrogen-bond donors (Lipinski definition) is 0. The van der Waals surface area contributed by atoms with Crippen LogP contribution in [0.3, 0.4) is 0 Å². The molecule has 0 N–H and O–H groups in total. The van der Waals surface area contributed by atoms with Crippen LogP contribution in [0.1, 0.15) is 49.8 Å². The monoisotopic (exact) mass is 423 g/mol. The molecule has 162 valence electrons. The van der Waals surface area contributed by atoms with Gasteiger partial charge < -0.3 is 18.5 Å². The van der Waals surface area contributed by atoms with Crippen molar-refractivity contribution in [1.29, 1.82) is 5.26 Å². The molecule has 3 rings (SSSR count). The summed E-state index contributed by atoms with van der Waals surface area (Å²) in [5.74, 6) is -0.569. The highest BCUT2D eigenvalue weighted by Crippen LogP contribution is 2.26. The number of aromatic nitrogens is 2. The minimum absolute atomic E-state index is 0.0315. The van der Waals surface area contributed by atoms with E-state index in [2.05, 4.69) is 0 Å². The van der Waals surface area contributed by atoms with Gasteiger partial charge in [0.25, 0.3) is 0 Å². The normalized spacial score (nSPS) is 10.8. The lowest BCUT2D eigenvalue weighted by molar-refractivity contribution is 0.0472. The smallest absolute Gasteiger partial charge is 0.343 e. The number of ketones is 1. The lowest BCUT2D eigenvalue weighted by atomic mass is 10.1. The fraction of sp³-hybridized carbons (Fsp3) is 0.348. The fourth-order valence-corrected chi connectivity index (χ4v) is 3.61. The van der Waals surface area contributed by atoms with Crippen molar-refractivity contribution in [2.75, 3.05) is 20.3 Å². The summed E-state index contributed by atoms with van der Waals surface area (Å²) in [7, 11) is 1.65. The predicted octanol–water partition coefficient (Wildman–Crippen LogP) is 3.74. The van der Waals surface area contributed by atoms with E-state index in [1.54, 1.807) is 49.2 Å². The molecule has 8 heteroatoms. The van der Waals surface area contributed by atoms with Crippen molar-refractivity contribution in [1.82, 2.24) is 9.13 Å². The van der Waals surface area contributed by atoms with Crippen molar-refractivity contribution < 1.29 is 23.5 Å². The number of methoxy groups -OCH3 is 1. The molecule has 0 atom stereocenters. The van der Waals surface area contributed by atoms with Crippen molar-refractivity contribution in [3.05, 3.63) is 64.4 Å². The average molecular weight is 423 g/mol. The summed E-state index contributed by atoms with van der Waals surface area (Å²) >= 11 is 0. The Morgan fingerprint density at radius 3 is 2.55 bits per heavy atom. The fourth-order valence-electron chi connectivity index (χ4n) is 3.61. The number of furan rings is 1. The summed E-state index contributed by atoms with van der Waals surface area (Å²) in [6.07, 6.45) is 4.25. The van der Waals surface area contributed by atoms with E-state index < -0.39 is 12.6 Å². The number of hydrogen-bond acceptors (Lipinski definition) is 6.